The number of fused-ring (bicyclic) bond motifs is 1. The molecule has 2 heterocycles. The zero-order chi connectivity index (χ0) is 18.7. The fraction of sp³-hybridized carbons (Fsp3) is 0.400. The number of aromatic nitrogens is 2. The largest absolute Gasteiger partial charge is 0.573 e. The van der Waals surface area contributed by atoms with Gasteiger partial charge in [0.1, 0.15) is 18.6 Å². The van der Waals surface area contributed by atoms with Crippen molar-refractivity contribution in [3.8, 4) is 11.8 Å². The van der Waals surface area contributed by atoms with Gasteiger partial charge in [0.15, 0.2) is 0 Å². The van der Waals surface area contributed by atoms with Crippen molar-refractivity contribution < 1.29 is 32.3 Å². The molecule has 1 aromatic heterocycles. The van der Waals surface area contributed by atoms with Gasteiger partial charge in [0.25, 0.3) is 0 Å². The normalized spacial score (nSPS) is 16.7. The number of nitrogens with zero attached hydrogens (tertiary/aromatic N) is 3. The van der Waals surface area contributed by atoms with E-state index in [0.717, 1.165) is 0 Å². The van der Waals surface area contributed by atoms with Crippen LogP contribution in [0.3, 0.4) is 0 Å². The van der Waals surface area contributed by atoms with E-state index >= 15 is 0 Å². The number of imidazole rings is 1. The van der Waals surface area contributed by atoms with Gasteiger partial charge in [-0.1, -0.05) is 12.1 Å². The monoisotopic (exact) mass is 373 g/mol. The minimum absolute atomic E-state index is 0.0640. The molecule has 11 heteroatoms. The van der Waals surface area contributed by atoms with Crippen molar-refractivity contribution in [2.75, 3.05) is 13.2 Å². The molecule has 0 amide bonds. The van der Waals surface area contributed by atoms with Gasteiger partial charge in [0.05, 0.1) is 13.2 Å². The van der Waals surface area contributed by atoms with Crippen molar-refractivity contribution >= 4 is 5.82 Å². The summed E-state index contributed by atoms with van der Waals surface area (Å²) in [4.78, 5) is 13.9. The van der Waals surface area contributed by atoms with Crippen LogP contribution in [0.15, 0.2) is 30.5 Å². The minimum atomic E-state index is -4.75. The first-order valence-corrected chi connectivity index (χ1v) is 7.57. The fourth-order valence-electron chi connectivity index (χ4n) is 2.52. The minimum Gasteiger partial charge on any atom is -0.445 e. The van der Waals surface area contributed by atoms with Crippen molar-refractivity contribution in [1.29, 1.82) is 0 Å². The smallest absolute Gasteiger partial charge is 0.445 e. The number of hydrogen-bond acceptors (Lipinski definition) is 6. The second kappa shape index (κ2) is 7.20. The summed E-state index contributed by atoms with van der Waals surface area (Å²) < 4.78 is 53.0. The highest BCUT2D eigenvalue weighted by atomic mass is 19.4. The number of hydrogen-bond donors (Lipinski definition) is 0. The van der Waals surface area contributed by atoms with Gasteiger partial charge in [-0.2, -0.15) is 0 Å². The number of rotatable bonds is 6. The molecular weight excluding hydrogens is 359 g/mol. The van der Waals surface area contributed by atoms with Crippen molar-refractivity contribution in [3.05, 3.63) is 46.1 Å². The van der Waals surface area contributed by atoms with Gasteiger partial charge in [-0.05, 0) is 22.6 Å². The lowest BCUT2D eigenvalue weighted by atomic mass is 10.1. The summed E-state index contributed by atoms with van der Waals surface area (Å²) in [7, 11) is 0. The molecular formula is C15H14F3N3O5. The first-order chi connectivity index (χ1) is 12.3. The highest BCUT2D eigenvalue weighted by Gasteiger charge is 2.31. The molecule has 1 atom stereocenters. The third kappa shape index (κ3) is 4.63. The molecule has 1 unspecified atom stereocenters. The van der Waals surface area contributed by atoms with E-state index < -0.39 is 11.3 Å². The third-order valence-electron chi connectivity index (χ3n) is 3.57. The molecule has 1 aliphatic heterocycles. The molecule has 0 saturated heterocycles. The van der Waals surface area contributed by atoms with Crippen LogP contribution in [0.25, 0.3) is 0 Å². The van der Waals surface area contributed by atoms with Gasteiger partial charge in [-0.15, -0.1) is 13.2 Å². The maximum absolute atomic E-state index is 12.2. The second-order valence-corrected chi connectivity index (χ2v) is 5.68. The molecule has 8 nitrogen and oxygen atoms in total. The first-order valence-electron chi connectivity index (χ1n) is 7.57. The lowest BCUT2D eigenvalue weighted by Crippen LogP contribution is -2.28. The summed E-state index contributed by atoms with van der Waals surface area (Å²) in [6, 6.07) is 5.71. The number of benzene rings is 1. The Morgan fingerprint density at radius 1 is 1.42 bits per heavy atom. The molecule has 0 fully saturated rings. The second-order valence-electron chi connectivity index (χ2n) is 5.68. The van der Waals surface area contributed by atoms with Gasteiger partial charge in [-0.25, -0.2) is 0 Å². The summed E-state index contributed by atoms with van der Waals surface area (Å²) in [5, 5.41) is 10.7. The van der Waals surface area contributed by atoms with Crippen LogP contribution in [-0.4, -0.2) is 34.1 Å². The Balaban J connectivity index is 1.51. The van der Waals surface area contributed by atoms with Gasteiger partial charge in [0, 0.05) is 17.4 Å². The van der Waals surface area contributed by atoms with Crippen molar-refractivity contribution in [2.24, 2.45) is 5.92 Å². The van der Waals surface area contributed by atoms with Crippen molar-refractivity contribution in [2.45, 2.75) is 19.5 Å². The van der Waals surface area contributed by atoms with Crippen LogP contribution in [0.2, 0.25) is 0 Å². The SMILES string of the molecule is O=[N+]([O-])c1cn2c(n1)OCC(COCc1cccc(OC(F)(F)F)c1)C2. The van der Waals surface area contributed by atoms with Crippen molar-refractivity contribution in [3.63, 3.8) is 0 Å². The molecule has 0 aliphatic carbocycles. The van der Waals surface area contributed by atoms with Crippen LogP contribution >= 0.6 is 0 Å². The number of halogens is 3. The molecule has 0 radical (unpaired) electrons. The topological polar surface area (TPSA) is 88.7 Å². The summed E-state index contributed by atoms with van der Waals surface area (Å²) in [5.41, 5.74) is 0.530. The summed E-state index contributed by atoms with van der Waals surface area (Å²) >= 11 is 0. The lowest BCUT2D eigenvalue weighted by molar-refractivity contribution is -0.389. The van der Waals surface area contributed by atoms with E-state index in [1.807, 2.05) is 0 Å². The molecule has 0 N–H and O–H groups in total. The summed E-state index contributed by atoms with van der Waals surface area (Å²) in [6.45, 7) is 1.09. The maximum atomic E-state index is 12.2. The Hall–Kier alpha value is -2.82. The van der Waals surface area contributed by atoms with E-state index in [1.165, 1.54) is 29.0 Å². The zero-order valence-electron chi connectivity index (χ0n) is 13.3. The number of nitro groups is 1. The third-order valence-corrected chi connectivity index (χ3v) is 3.57. The first kappa shape index (κ1) is 18.0. The van der Waals surface area contributed by atoms with Gasteiger partial charge >= 0.3 is 18.2 Å². The van der Waals surface area contributed by atoms with Gasteiger partial charge in [0.2, 0.25) is 0 Å². The Morgan fingerprint density at radius 2 is 2.23 bits per heavy atom. The quantitative estimate of drug-likeness (QED) is 0.571. The highest BCUT2D eigenvalue weighted by molar-refractivity contribution is 5.28. The van der Waals surface area contributed by atoms with Gasteiger partial charge in [-0.3, -0.25) is 4.57 Å². The predicted molar refractivity (Wildman–Crippen MR) is 80.6 cm³/mol. The molecule has 0 spiro atoms. The zero-order valence-corrected chi connectivity index (χ0v) is 13.3. The maximum Gasteiger partial charge on any atom is 0.573 e. The Kier molecular flexibility index (Phi) is 4.98. The molecule has 3 rings (SSSR count). The van der Waals surface area contributed by atoms with E-state index in [1.54, 1.807) is 6.07 Å². The van der Waals surface area contributed by atoms with Crippen LogP contribution in [0, 0.1) is 16.0 Å². The van der Waals surface area contributed by atoms with Gasteiger partial charge < -0.3 is 24.3 Å². The van der Waals surface area contributed by atoms with Crippen LogP contribution in [0.1, 0.15) is 5.56 Å². The van der Waals surface area contributed by atoms with E-state index in [0.29, 0.717) is 12.1 Å². The molecule has 26 heavy (non-hydrogen) atoms. The molecule has 1 aliphatic rings. The van der Waals surface area contributed by atoms with Crippen LogP contribution in [0.5, 0.6) is 11.8 Å². The van der Waals surface area contributed by atoms with Crippen LogP contribution < -0.4 is 9.47 Å². The molecule has 1 aromatic carbocycles. The Labute approximate surface area is 145 Å². The lowest BCUT2D eigenvalue weighted by Gasteiger charge is -2.21. The van der Waals surface area contributed by atoms with Crippen molar-refractivity contribution in [1.82, 2.24) is 9.55 Å². The predicted octanol–water partition coefficient (Wildman–Crippen LogP) is 2.92. The molecule has 0 bridgehead atoms. The standard InChI is InChI=1S/C15H14F3N3O5/c16-15(17,18)26-12-3-1-2-10(4-12)7-24-8-11-5-20-6-13(21(22)23)19-14(20)25-9-11/h1-4,6,11H,5,7-9H2. The number of alkyl halides is 3. The molecule has 140 valence electrons. The van der Waals surface area contributed by atoms with E-state index in [4.69, 9.17) is 9.47 Å². The Morgan fingerprint density at radius 3 is 2.96 bits per heavy atom. The van der Waals surface area contributed by atoms with E-state index in [9.17, 15) is 23.3 Å². The fourth-order valence-corrected chi connectivity index (χ4v) is 2.52. The van der Waals surface area contributed by atoms with Crippen LogP contribution in [-0.2, 0) is 17.9 Å². The Bertz CT molecular complexity index is 793. The van der Waals surface area contributed by atoms with E-state index in [-0.39, 0.29) is 43.3 Å². The molecule has 2 aromatic rings. The average Bonchev–Trinajstić information content (AvgIpc) is 2.97. The summed E-state index contributed by atoms with van der Waals surface area (Å²) in [5.74, 6) is -0.663. The number of ether oxygens (including phenoxy) is 3. The highest BCUT2D eigenvalue weighted by Crippen LogP contribution is 2.25. The van der Waals surface area contributed by atoms with E-state index in [2.05, 4.69) is 9.72 Å². The molecule has 0 saturated carbocycles. The van der Waals surface area contributed by atoms with Crippen LogP contribution in [0.4, 0.5) is 19.0 Å². The average molecular weight is 373 g/mol. The summed E-state index contributed by atoms with van der Waals surface area (Å²) in [6.07, 6.45) is -3.45.